The molecule has 0 aliphatic heterocycles. The number of alkyl carbamates (subject to hydrolysis) is 1. The second kappa shape index (κ2) is 15.8. The highest BCUT2D eigenvalue weighted by Crippen LogP contribution is 2.44. The molecule has 10 nitrogen and oxygen atoms in total. The second-order valence-corrected chi connectivity index (χ2v) is 13.0. The summed E-state index contributed by atoms with van der Waals surface area (Å²) < 4.78 is 22.8. The van der Waals surface area contributed by atoms with Gasteiger partial charge in [-0.15, -0.1) is 0 Å². The summed E-state index contributed by atoms with van der Waals surface area (Å²) in [6, 6.07) is 23.6. The van der Waals surface area contributed by atoms with Gasteiger partial charge in [-0.1, -0.05) is 86.1 Å². The van der Waals surface area contributed by atoms with Gasteiger partial charge in [0.2, 0.25) is 5.89 Å². The van der Waals surface area contributed by atoms with Crippen LogP contribution in [0.3, 0.4) is 0 Å². The Morgan fingerprint density at radius 1 is 0.938 bits per heavy atom. The Morgan fingerprint density at radius 3 is 2.23 bits per heavy atom. The number of nitrogens with one attached hydrogen (secondary N) is 1. The fraction of sp³-hybridized carbons (Fsp3) is 0.421. The van der Waals surface area contributed by atoms with Gasteiger partial charge < -0.3 is 24.1 Å². The van der Waals surface area contributed by atoms with Crippen LogP contribution < -0.4 is 10.1 Å². The summed E-state index contributed by atoms with van der Waals surface area (Å²) in [4.78, 5) is 32.4. The van der Waals surface area contributed by atoms with Crippen LogP contribution in [0.1, 0.15) is 94.2 Å². The maximum absolute atomic E-state index is 13.4. The SMILES string of the molecule is CCCCOc1ccc(CC(NC(=O)OC(C)(C)C)c2noc(CN(CCC)C(=O)OCC3c4ccccc4-c4ccccc43)n2)cc1. The predicted molar refractivity (Wildman–Crippen MR) is 183 cm³/mol. The predicted octanol–water partition coefficient (Wildman–Crippen LogP) is 8.22. The first-order valence-electron chi connectivity index (χ1n) is 16.8. The molecule has 3 aromatic carbocycles. The first kappa shape index (κ1) is 34.5. The lowest BCUT2D eigenvalue weighted by Crippen LogP contribution is -2.36. The highest BCUT2D eigenvalue weighted by Gasteiger charge is 2.30. The zero-order valence-corrected chi connectivity index (χ0v) is 28.5. The van der Waals surface area contributed by atoms with E-state index in [0.717, 1.165) is 35.3 Å². The van der Waals surface area contributed by atoms with Gasteiger partial charge in [-0.25, -0.2) is 9.59 Å². The van der Waals surface area contributed by atoms with Gasteiger partial charge in [0.15, 0.2) is 5.82 Å². The molecule has 1 aromatic heterocycles. The Morgan fingerprint density at radius 2 is 1.60 bits per heavy atom. The van der Waals surface area contributed by atoms with Crippen molar-refractivity contribution in [3.05, 3.63) is 101 Å². The Labute approximate surface area is 282 Å². The molecular formula is C38H46N4O6. The number of ether oxygens (including phenoxy) is 3. The number of carbonyl (C=O) groups is 2. The Kier molecular flexibility index (Phi) is 11.4. The average molecular weight is 655 g/mol. The normalized spacial score (nSPS) is 12.9. The van der Waals surface area contributed by atoms with E-state index in [9.17, 15) is 9.59 Å². The lowest BCUT2D eigenvalue weighted by atomic mass is 9.98. The highest BCUT2D eigenvalue weighted by molar-refractivity contribution is 5.79. The third-order valence-electron chi connectivity index (χ3n) is 8.03. The van der Waals surface area contributed by atoms with E-state index in [0.29, 0.717) is 26.0 Å². The third kappa shape index (κ3) is 8.93. The Bertz CT molecular complexity index is 1620. The molecule has 2 amide bonds. The number of hydrogen-bond acceptors (Lipinski definition) is 8. The molecule has 0 fully saturated rings. The van der Waals surface area contributed by atoms with Gasteiger partial charge in [0.05, 0.1) is 12.6 Å². The minimum Gasteiger partial charge on any atom is -0.494 e. The molecule has 4 aromatic rings. The Hall–Kier alpha value is -4.86. The molecule has 1 aliphatic rings. The molecule has 10 heteroatoms. The Balaban J connectivity index is 1.27. The van der Waals surface area contributed by atoms with Crippen LogP contribution in [-0.4, -0.2) is 52.6 Å². The maximum atomic E-state index is 13.4. The van der Waals surface area contributed by atoms with E-state index in [1.165, 1.54) is 11.1 Å². The number of fused-ring (bicyclic) bond motifs is 3. The molecule has 1 atom stereocenters. The summed E-state index contributed by atoms with van der Waals surface area (Å²) in [7, 11) is 0. The summed E-state index contributed by atoms with van der Waals surface area (Å²) in [5, 5.41) is 7.10. The smallest absolute Gasteiger partial charge is 0.410 e. The average Bonchev–Trinajstić information content (AvgIpc) is 3.66. The van der Waals surface area contributed by atoms with E-state index in [-0.39, 0.29) is 30.8 Å². The maximum Gasteiger partial charge on any atom is 0.410 e. The summed E-state index contributed by atoms with van der Waals surface area (Å²) in [6.07, 6.45) is 2.10. The third-order valence-corrected chi connectivity index (χ3v) is 8.03. The fourth-order valence-electron chi connectivity index (χ4n) is 5.78. The number of unbranched alkanes of at least 4 members (excludes halogenated alkanes) is 1. The van der Waals surface area contributed by atoms with E-state index < -0.39 is 23.8 Å². The first-order chi connectivity index (χ1) is 23.1. The number of carbonyl (C=O) groups excluding carboxylic acids is 2. The number of nitrogens with zero attached hydrogens (tertiary/aromatic N) is 3. The van der Waals surface area contributed by atoms with E-state index >= 15 is 0 Å². The molecule has 5 rings (SSSR count). The summed E-state index contributed by atoms with van der Waals surface area (Å²) in [6.45, 7) is 10.9. The van der Waals surface area contributed by atoms with E-state index in [2.05, 4.69) is 46.6 Å². The zero-order chi connectivity index (χ0) is 34.1. The molecule has 1 unspecified atom stereocenters. The zero-order valence-electron chi connectivity index (χ0n) is 28.5. The van der Waals surface area contributed by atoms with Gasteiger partial charge >= 0.3 is 12.2 Å². The van der Waals surface area contributed by atoms with Crippen LogP contribution in [0.15, 0.2) is 77.3 Å². The van der Waals surface area contributed by atoms with Gasteiger partial charge in [-0.2, -0.15) is 4.98 Å². The van der Waals surface area contributed by atoms with Crippen molar-refractivity contribution in [3.8, 4) is 16.9 Å². The molecule has 1 heterocycles. The molecular weight excluding hydrogens is 608 g/mol. The lowest BCUT2D eigenvalue weighted by Gasteiger charge is -2.22. The van der Waals surface area contributed by atoms with Crippen molar-refractivity contribution in [1.82, 2.24) is 20.4 Å². The quantitative estimate of drug-likeness (QED) is 0.135. The summed E-state index contributed by atoms with van der Waals surface area (Å²) in [5.41, 5.74) is 4.90. The van der Waals surface area contributed by atoms with Gasteiger partial charge in [-0.05, 0) is 73.6 Å². The van der Waals surface area contributed by atoms with Crippen molar-refractivity contribution in [2.45, 2.75) is 84.4 Å². The van der Waals surface area contributed by atoms with Crippen LogP contribution in [0.5, 0.6) is 5.75 Å². The van der Waals surface area contributed by atoms with Crippen LogP contribution >= 0.6 is 0 Å². The molecule has 254 valence electrons. The van der Waals surface area contributed by atoms with Gasteiger partial charge in [0.1, 0.15) is 24.5 Å². The van der Waals surface area contributed by atoms with Crippen molar-refractivity contribution in [2.75, 3.05) is 19.8 Å². The van der Waals surface area contributed by atoms with Crippen LogP contribution in [-0.2, 0) is 22.4 Å². The minimum atomic E-state index is -0.682. The second-order valence-electron chi connectivity index (χ2n) is 13.0. The first-order valence-corrected chi connectivity index (χ1v) is 16.8. The molecule has 0 radical (unpaired) electrons. The number of benzene rings is 3. The van der Waals surface area contributed by atoms with E-state index in [1.807, 2.05) is 55.5 Å². The topological polar surface area (TPSA) is 116 Å². The molecule has 0 spiro atoms. The molecule has 1 aliphatic carbocycles. The fourth-order valence-corrected chi connectivity index (χ4v) is 5.78. The minimum absolute atomic E-state index is 0.0449. The number of amides is 2. The molecule has 48 heavy (non-hydrogen) atoms. The highest BCUT2D eigenvalue weighted by atomic mass is 16.6. The van der Waals surface area contributed by atoms with Crippen molar-refractivity contribution in [1.29, 1.82) is 0 Å². The number of aromatic nitrogens is 2. The summed E-state index contributed by atoms with van der Waals surface area (Å²) in [5.74, 6) is 1.26. The molecule has 0 saturated carbocycles. The molecule has 1 N–H and O–H groups in total. The monoisotopic (exact) mass is 654 g/mol. The summed E-state index contributed by atoms with van der Waals surface area (Å²) >= 11 is 0. The van der Waals surface area contributed by atoms with Crippen molar-refractivity contribution >= 4 is 12.2 Å². The van der Waals surface area contributed by atoms with Crippen molar-refractivity contribution in [3.63, 3.8) is 0 Å². The number of hydrogen-bond donors (Lipinski definition) is 1. The van der Waals surface area contributed by atoms with Gasteiger partial charge in [-0.3, -0.25) is 4.90 Å². The van der Waals surface area contributed by atoms with Crippen LogP contribution in [0.4, 0.5) is 9.59 Å². The van der Waals surface area contributed by atoms with E-state index in [4.69, 9.17) is 18.7 Å². The molecule has 0 saturated heterocycles. The van der Waals surface area contributed by atoms with Crippen molar-refractivity contribution < 1.29 is 28.3 Å². The standard InChI is InChI=1S/C38H46N4O6/c1-6-8-22-45-27-19-17-26(18-20-27)23-33(39-36(43)47-38(3,4)5)35-40-34(48-41-35)24-42(21-7-2)37(44)46-25-32-30-15-11-9-13-28(30)29-14-10-12-16-31(29)32/h9-20,32-33H,6-8,21-25H2,1-5H3,(H,39,43). The number of rotatable bonds is 14. The lowest BCUT2D eigenvalue weighted by molar-refractivity contribution is 0.0500. The molecule has 0 bridgehead atoms. The van der Waals surface area contributed by atoms with E-state index in [1.54, 1.807) is 25.7 Å². The van der Waals surface area contributed by atoms with Crippen LogP contribution in [0, 0.1) is 0 Å². The van der Waals surface area contributed by atoms with Crippen LogP contribution in [0.2, 0.25) is 0 Å². The van der Waals surface area contributed by atoms with Crippen LogP contribution in [0.25, 0.3) is 11.1 Å². The van der Waals surface area contributed by atoms with Crippen molar-refractivity contribution in [2.24, 2.45) is 0 Å². The largest absolute Gasteiger partial charge is 0.494 e. The van der Waals surface area contributed by atoms with Gasteiger partial charge in [0, 0.05) is 18.9 Å². The van der Waals surface area contributed by atoms with Gasteiger partial charge in [0.25, 0.3) is 0 Å².